The Hall–Kier alpha value is -0.0400. The van der Waals surface area contributed by atoms with Crippen molar-refractivity contribution in [2.24, 2.45) is 23.7 Å². The molecule has 3 bridgehead atoms. The van der Waals surface area contributed by atoms with E-state index < -0.39 is 0 Å². The second kappa shape index (κ2) is 2.01. The van der Waals surface area contributed by atoms with E-state index in [1.807, 2.05) is 0 Å². The van der Waals surface area contributed by atoms with Gasteiger partial charge in [-0.1, -0.05) is 0 Å². The highest BCUT2D eigenvalue weighted by molar-refractivity contribution is 4.99. The van der Waals surface area contributed by atoms with Crippen LogP contribution in [0.15, 0.2) is 0 Å². The molecular formula is C10H16O. The third kappa shape index (κ3) is 0.752. The Labute approximate surface area is 67.8 Å². The molecule has 0 aromatic heterocycles. The van der Waals surface area contributed by atoms with Gasteiger partial charge in [0.1, 0.15) is 0 Å². The van der Waals surface area contributed by atoms with E-state index in [2.05, 4.69) is 0 Å². The summed E-state index contributed by atoms with van der Waals surface area (Å²) >= 11 is 0. The Bertz CT molecular complexity index is 170. The number of rotatable bonds is 0. The molecule has 62 valence electrons. The maximum absolute atomic E-state index is 9.88. The van der Waals surface area contributed by atoms with Gasteiger partial charge in [-0.2, -0.15) is 0 Å². The average molecular weight is 152 g/mol. The van der Waals surface area contributed by atoms with E-state index in [4.69, 9.17) is 0 Å². The summed E-state index contributed by atoms with van der Waals surface area (Å²) in [5.74, 6) is 3.42. The van der Waals surface area contributed by atoms with Crippen molar-refractivity contribution in [1.29, 1.82) is 0 Å². The zero-order valence-corrected chi connectivity index (χ0v) is 6.87. The molecule has 0 amide bonds. The van der Waals surface area contributed by atoms with E-state index in [0.29, 0.717) is 11.8 Å². The minimum atomic E-state index is 0.0822. The van der Waals surface area contributed by atoms with Gasteiger partial charge in [-0.3, -0.25) is 0 Å². The molecule has 0 heterocycles. The van der Waals surface area contributed by atoms with Crippen LogP contribution in [0.3, 0.4) is 0 Å². The van der Waals surface area contributed by atoms with Crippen LogP contribution in [0.5, 0.6) is 0 Å². The second-order valence-electron chi connectivity index (χ2n) is 4.82. The van der Waals surface area contributed by atoms with Gasteiger partial charge in [0.25, 0.3) is 0 Å². The van der Waals surface area contributed by atoms with Gasteiger partial charge in [0, 0.05) is 0 Å². The molecular weight excluding hydrogens is 136 g/mol. The van der Waals surface area contributed by atoms with Gasteiger partial charge in [-0.05, 0) is 55.8 Å². The van der Waals surface area contributed by atoms with Crippen molar-refractivity contribution in [3.8, 4) is 0 Å². The number of hydrogen-bond donors (Lipinski definition) is 1. The van der Waals surface area contributed by atoms with Crippen LogP contribution in [-0.4, -0.2) is 11.2 Å². The summed E-state index contributed by atoms with van der Waals surface area (Å²) in [6, 6.07) is 0. The van der Waals surface area contributed by atoms with Crippen LogP contribution >= 0.6 is 0 Å². The van der Waals surface area contributed by atoms with E-state index in [-0.39, 0.29) is 6.10 Å². The Morgan fingerprint density at radius 2 is 1.36 bits per heavy atom. The number of fused-ring (bicyclic) bond motifs is 2. The summed E-state index contributed by atoms with van der Waals surface area (Å²) in [4.78, 5) is 0. The Balaban J connectivity index is 1.95. The van der Waals surface area contributed by atoms with Crippen molar-refractivity contribution in [2.75, 3.05) is 0 Å². The van der Waals surface area contributed by atoms with E-state index >= 15 is 0 Å². The van der Waals surface area contributed by atoms with Gasteiger partial charge in [0.05, 0.1) is 6.10 Å². The van der Waals surface area contributed by atoms with Crippen LogP contribution in [0.1, 0.15) is 32.1 Å². The molecule has 3 rings (SSSR count). The molecule has 11 heavy (non-hydrogen) atoms. The summed E-state index contributed by atoms with van der Waals surface area (Å²) < 4.78 is 0. The fourth-order valence-electron chi connectivity index (χ4n) is 3.81. The summed E-state index contributed by atoms with van der Waals surface area (Å²) in [5.41, 5.74) is 0. The molecule has 0 radical (unpaired) electrons. The van der Waals surface area contributed by atoms with Gasteiger partial charge in [-0.25, -0.2) is 0 Å². The molecule has 5 unspecified atom stereocenters. The minimum Gasteiger partial charge on any atom is -0.393 e. The Morgan fingerprint density at radius 1 is 0.727 bits per heavy atom. The maximum atomic E-state index is 9.88. The first kappa shape index (κ1) is 6.47. The van der Waals surface area contributed by atoms with Crippen LogP contribution in [0.2, 0.25) is 0 Å². The molecule has 0 aromatic rings. The van der Waals surface area contributed by atoms with Crippen LogP contribution in [0, 0.1) is 23.7 Å². The molecule has 0 aromatic carbocycles. The molecule has 1 N–H and O–H groups in total. The molecule has 0 aliphatic heterocycles. The zero-order chi connectivity index (χ0) is 7.42. The van der Waals surface area contributed by atoms with E-state index in [1.54, 1.807) is 0 Å². The van der Waals surface area contributed by atoms with Gasteiger partial charge in [0.2, 0.25) is 0 Å². The molecule has 0 saturated heterocycles. The Kier molecular flexibility index (Phi) is 1.18. The summed E-state index contributed by atoms with van der Waals surface area (Å²) in [5, 5.41) is 9.88. The van der Waals surface area contributed by atoms with Gasteiger partial charge in [-0.15, -0.1) is 0 Å². The summed E-state index contributed by atoms with van der Waals surface area (Å²) in [6.45, 7) is 0. The highest BCUT2D eigenvalue weighted by atomic mass is 16.3. The fraction of sp³-hybridized carbons (Fsp3) is 1.00. The number of aliphatic hydroxyl groups excluding tert-OH is 1. The molecule has 1 nitrogen and oxygen atoms in total. The molecule has 5 atom stereocenters. The maximum Gasteiger partial charge on any atom is 0.0596 e. The highest BCUT2D eigenvalue weighted by Gasteiger charge is 2.48. The van der Waals surface area contributed by atoms with Crippen molar-refractivity contribution in [1.82, 2.24) is 0 Å². The summed E-state index contributed by atoms with van der Waals surface area (Å²) in [7, 11) is 0. The zero-order valence-electron chi connectivity index (χ0n) is 6.87. The quantitative estimate of drug-likeness (QED) is 0.561. The minimum absolute atomic E-state index is 0.0822. The topological polar surface area (TPSA) is 20.2 Å². The lowest BCUT2D eigenvalue weighted by atomic mass is 9.71. The third-order valence-corrected chi connectivity index (χ3v) is 4.36. The first-order chi connectivity index (χ1) is 5.34. The summed E-state index contributed by atoms with van der Waals surface area (Å²) in [6.07, 6.45) is 6.87. The number of hydrogen-bond acceptors (Lipinski definition) is 1. The smallest absolute Gasteiger partial charge is 0.0596 e. The SMILES string of the molecule is OC1C2CCC3CC1CC3C2. The normalized spacial score (nSPS) is 60.3. The predicted octanol–water partition coefficient (Wildman–Crippen LogP) is 1.80. The van der Waals surface area contributed by atoms with Crippen LogP contribution in [0.25, 0.3) is 0 Å². The first-order valence-electron chi connectivity index (χ1n) is 5.02. The van der Waals surface area contributed by atoms with Gasteiger partial charge >= 0.3 is 0 Å². The second-order valence-corrected chi connectivity index (χ2v) is 4.82. The molecule has 3 aliphatic rings. The molecule has 3 aliphatic carbocycles. The van der Waals surface area contributed by atoms with Crippen molar-refractivity contribution >= 4 is 0 Å². The van der Waals surface area contributed by atoms with Crippen molar-refractivity contribution < 1.29 is 5.11 Å². The molecule has 3 fully saturated rings. The van der Waals surface area contributed by atoms with E-state index in [0.717, 1.165) is 11.8 Å². The Morgan fingerprint density at radius 3 is 2.27 bits per heavy atom. The lowest BCUT2D eigenvalue weighted by molar-refractivity contribution is 0.00815. The predicted molar refractivity (Wildman–Crippen MR) is 43.1 cm³/mol. The lowest BCUT2D eigenvalue weighted by Crippen LogP contribution is -2.34. The van der Waals surface area contributed by atoms with E-state index in [1.165, 1.54) is 32.1 Å². The van der Waals surface area contributed by atoms with Gasteiger partial charge < -0.3 is 5.11 Å². The van der Waals surface area contributed by atoms with Crippen LogP contribution < -0.4 is 0 Å². The van der Waals surface area contributed by atoms with E-state index in [9.17, 15) is 5.11 Å². The molecule has 1 heteroatoms. The van der Waals surface area contributed by atoms with Crippen molar-refractivity contribution in [2.45, 2.75) is 38.2 Å². The number of aliphatic hydroxyl groups is 1. The van der Waals surface area contributed by atoms with Gasteiger partial charge in [0.15, 0.2) is 0 Å². The lowest BCUT2D eigenvalue weighted by Gasteiger charge is -2.37. The molecule has 3 saturated carbocycles. The fourth-order valence-corrected chi connectivity index (χ4v) is 3.81. The van der Waals surface area contributed by atoms with Crippen molar-refractivity contribution in [3.63, 3.8) is 0 Å². The average Bonchev–Trinajstić information content (AvgIpc) is 2.33. The third-order valence-electron chi connectivity index (χ3n) is 4.36. The standard InChI is InChI=1S/C10H16O/c11-10-7-2-1-6-3-9(10)5-8(6)4-7/h6-11H,1-5H2. The highest BCUT2D eigenvalue weighted by Crippen LogP contribution is 2.54. The first-order valence-corrected chi connectivity index (χ1v) is 5.02. The van der Waals surface area contributed by atoms with Crippen molar-refractivity contribution in [3.05, 3.63) is 0 Å². The largest absolute Gasteiger partial charge is 0.393 e. The molecule has 0 spiro atoms. The van der Waals surface area contributed by atoms with Crippen LogP contribution in [-0.2, 0) is 0 Å². The van der Waals surface area contributed by atoms with Crippen LogP contribution in [0.4, 0.5) is 0 Å². The monoisotopic (exact) mass is 152 g/mol.